The Morgan fingerprint density at radius 2 is 1.56 bits per heavy atom. The molecule has 2 aromatic carbocycles. The number of benzene rings is 2. The van der Waals surface area contributed by atoms with Crippen LogP contribution in [0.5, 0.6) is 5.75 Å². The van der Waals surface area contributed by atoms with Crippen molar-refractivity contribution in [2.75, 3.05) is 0 Å². The highest BCUT2D eigenvalue weighted by atomic mass is 16.6. The quantitative estimate of drug-likeness (QED) is 0.772. The molecule has 0 unspecified atom stereocenters. The van der Waals surface area contributed by atoms with E-state index in [0.29, 0.717) is 0 Å². The summed E-state index contributed by atoms with van der Waals surface area (Å²) in [6.07, 6.45) is -0.646. The van der Waals surface area contributed by atoms with Crippen molar-refractivity contribution in [1.82, 2.24) is 0 Å². The van der Waals surface area contributed by atoms with Crippen molar-refractivity contribution in [3.63, 3.8) is 0 Å². The molecule has 0 aliphatic carbocycles. The normalized spacial score (nSPS) is 14.6. The van der Waals surface area contributed by atoms with E-state index in [4.69, 9.17) is 15.2 Å². The number of esters is 1. The Bertz CT molecular complexity index is 683. The van der Waals surface area contributed by atoms with Crippen LogP contribution in [0.4, 0.5) is 0 Å². The molecule has 0 saturated heterocycles. The van der Waals surface area contributed by atoms with Gasteiger partial charge in [-0.2, -0.15) is 0 Å². The van der Waals surface area contributed by atoms with Crippen LogP contribution in [0.3, 0.4) is 0 Å². The maximum Gasteiger partial charge on any atom is 0.323 e. The van der Waals surface area contributed by atoms with Gasteiger partial charge >= 0.3 is 5.97 Å². The fourth-order valence-corrected chi connectivity index (χ4v) is 2.67. The third-order valence-corrected chi connectivity index (χ3v) is 4.01. The van der Waals surface area contributed by atoms with Crippen LogP contribution in [0.2, 0.25) is 0 Å². The van der Waals surface area contributed by atoms with Crippen LogP contribution in [-0.4, -0.2) is 24.2 Å². The van der Waals surface area contributed by atoms with Gasteiger partial charge in [-0.1, -0.05) is 56.3 Å². The average molecular weight is 341 g/mol. The SMILES string of the molecule is CC(C)[C@@H](Oc1cccc(-c2ccccc2)c1)[C@H](C)OC(=O)[C@H](C)N. The summed E-state index contributed by atoms with van der Waals surface area (Å²) < 4.78 is 11.6. The third-order valence-electron chi connectivity index (χ3n) is 4.01. The molecular weight excluding hydrogens is 314 g/mol. The van der Waals surface area contributed by atoms with Gasteiger partial charge in [-0.05, 0) is 43.0 Å². The second kappa shape index (κ2) is 8.67. The molecule has 0 saturated carbocycles. The first-order chi connectivity index (χ1) is 11.9. The van der Waals surface area contributed by atoms with Crippen molar-refractivity contribution >= 4 is 5.97 Å². The summed E-state index contributed by atoms with van der Waals surface area (Å²) in [5.74, 6) is 0.514. The Morgan fingerprint density at radius 3 is 2.16 bits per heavy atom. The van der Waals surface area contributed by atoms with Crippen LogP contribution >= 0.6 is 0 Å². The van der Waals surface area contributed by atoms with E-state index in [1.807, 2.05) is 63.2 Å². The van der Waals surface area contributed by atoms with E-state index in [1.54, 1.807) is 6.92 Å². The van der Waals surface area contributed by atoms with Gasteiger partial charge in [0.1, 0.15) is 24.0 Å². The van der Waals surface area contributed by atoms with Crippen molar-refractivity contribution < 1.29 is 14.3 Å². The molecule has 0 aromatic heterocycles. The van der Waals surface area contributed by atoms with Crippen LogP contribution in [-0.2, 0) is 9.53 Å². The van der Waals surface area contributed by atoms with E-state index < -0.39 is 12.0 Å². The number of hydrogen-bond donors (Lipinski definition) is 1. The Labute approximate surface area is 150 Å². The minimum absolute atomic E-state index is 0.177. The zero-order chi connectivity index (χ0) is 18.4. The van der Waals surface area contributed by atoms with Crippen molar-refractivity contribution in [1.29, 1.82) is 0 Å². The number of nitrogens with two attached hydrogens (primary N) is 1. The van der Waals surface area contributed by atoms with E-state index in [1.165, 1.54) is 0 Å². The van der Waals surface area contributed by atoms with Gasteiger partial charge in [0.05, 0.1) is 0 Å². The Morgan fingerprint density at radius 1 is 0.920 bits per heavy atom. The lowest BCUT2D eigenvalue weighted by molar-refractivity contribution is -0.155. The average Bonchev–Trinajstić information content (AvgIpc) is 2.60. The van der Waals surface area contributed by atoms with Gasteiger partial charge in [0.2, 0.25) is 0 Å². The highest BCUT2D eigenvalue weighted by Gasteiger charge is 2.27. The highest BCUT2D eigenvalue weighted by Crippen LogP contribution is 2.26. The number of carbonyl (C=O) groups excluding carboxylic acids is 1. The molecule has 4 nitrogen and oxygen atoms in total. The lowest BCUT2D eigenvalue weighted by Crippen LogP contribution is -2.41. The highest BCUT2D eigenvalue weighted by molar-refractivity contribution is 5.75. The fourth-order valence-electron chi connectivity index (χ4n) is 2.67. The summed E-state index contributed by atoms with van der Waals surface area (Å²) in [7, 11) is 0. The largest absolute Gasteiger partial charge is 0.486 e. The zero-order valence-electron chi connectivity index (χ0n) is 15.3. The molecule has 2 aromatic rings. The molecule has 0 radical (unpaired) electrons. The maximum absolute atomic E-state index is 11.8. The second-order valence-corrected chi connectivity index (χ2v) is 6.65. The van der Waals surface area contributed by atoms with E-state index in [-0.39, 0.29) is 18.1 Å². The van der Waals surface area contributed by atoms with Crippen LogP contribution in [0, 0.1) is 5.92 Å². The molecule has 3 atom stereocenters. The molecule has 0 bridgehead atoms. The summed E-state index contributed by atoms with van der Waals surface area (Å²) in [5.41, 5.74) is 7.80. The molecule has 134 valence electrons. The molecule has 4 heteroatoms. The number of carbonyl (C=O) groups is 1. The predicted molar refractivity (Wildman–Crippen MR) is 100 cm³/mol. The molecule has 0 heterocycles. The van der Waals surface area contributed by atoms with Crippen molar-refractivity contribution in [3.8, 4) is 16.9 Å². The van der Waals surface area contributed by atoms with E-state index in [0.717, 1.165) is 16.9 Å². The Hall–Kier alpha value is -2.33. The summed E-state index contributed by atoms with van der Waals surface area (Å²) in [6, 6.07) is 17.4. The van der Waals surface area contributed by atoms with Gasteiger partial charge in [0, 0.05) is 0 Å². The minimum Gasteiger partial charge on any atom is -0.486 e. The molecule has 25 heavy (non-hydrogen) atoms. The van der Waals surface area contributed by atoms with E-state index in [2.05, 4.69) is 12.1 Å². The molecule has 2 N–H and O–H groups in total. The van der Waals surface area contributed by atoms with Crippen LogP contribution in [0.25, 0.3) is 11.1 Å². The van der Waals surface area contributed by atoms with Gasteiger partial charge in [0.15, 0.2) is 0 Å². The molecule has 0 aliphatic rings. The van der Waals surface area contributed by atoms with Crippen LogP contribution < -0.4 is 10.5 Å². The number of hydrogen-bond acceptors (Lipinski definition) is 4. The van der Waals surface area contributed by atoms with Crippen LogP contribution in [0.15, 0.2) is 54.6 Å². The fraction of sp³-hybridized carbons (Fsp3) is 0.381. The van der Waals surface area contributed by atoms with E-state index >= 15 is 0 Å². The van der Waals surface area contributed by atoms with Crippen LogP contribution in [0.1, 0.15) is 27.7 Å². The monoisotopic (exact) mass is 341 g/mol. The summed E-state index contributed by atoms with van der Waals surface area (Å²) in [5, 5.41) is 0. The lowest BCUT2D eigenvalue weighted by atomic mass is 10.0. The predicted octanol–water partition coefficient (Wildman–Crippen LogP) is 4.04. The van der Waals surface area contributed by atoms with Gasteiger partial charge < -0.3 is 15.2 Å². The summed E-state index contributed by atoms with van der Waals surface area (Å²) >= 11 is 0. The summed E-state index contributed by atoms with van der Waals surface area (Å²) in [4.78, 5) is 11.8. The molecule has 0 amide bonds. The topological polar surface area (TPSA) is 61.5 Å². The van der Waals surface area contributed by atoms with Gasteiger partial charge in [-0.25, -0.2) is 0 Å². The minimum atomic E-state index is -0.642. The van der Waals surface area contributed by atoms with Gasteiger partial charge in [-0.15, -0.1) is 0 Å². The Balaban J connectivity index is 2.16. The zero-order valence-corrected chi connectivity index (χ0v) is 15.3. The number of rotatable bonds is 7. The first kappa shape index (κ1) is 19.0. The standard InChI is InChI=1S/C21H27NO3/c1-14(2)20(16(4)24-21(23)15(3)22)25-19-12-8-11-18(13-19)17-9-6-5-7-10-17/h5-16,20H,22H2,1-4H3/t15-,16-,20+/m0/s1. The van der Waals surface area contributed by atoms with Crippen molar-refractivity contribution in [2.24, 2.45) is 11.7 Å². The first-order valence-corrected chi connectivity index (χ1v) is 8.66. The Kier molecular flexibility index (Phi) is 6.59. The van der Waals surface area contributed by atoms with Gasteiger partial charge in [-0.3, -0.25) is 4.79 Å². The van der Waals surface area contributed by atoms with E-state index in [9.17, 15) is 4.79 Å². The maximum atomic E-state index is 11.8. The first-order valence-electron chi connectivity index (χ1n) is 8.66. The van der Waals surface area contributed by atoms with Crippen molar-refractivity contribution in [3.05, 3.63) is 54.6 Å². The lowest BCUT2D eigenvalue weighted by Gasteiger charge is -2.28. The molecular formula is C21H27NO3. The second-order valence-electron chi connectivity index (χ2n) is 6.65. The molecule has 0 fully saturated rings. The molecule has 2 rings (SSSR count). The van der Waals surface area contributed by atoms with Crippen molar-refractivity contribution in [2.45, 2.75) is 45.9 Å². The summed E-state index contributed by atoms with van der Waals surface area (Å²) in [6.45, 7) is 7.54. The van der Waals surface area contributed by atoms with Gasteiger partial charge in [0.25, 0.3) is 0 Å². The molecule has 0 aliphatic heterocycles. The smallest absolute Gasteiger partial charge is 0.323 e. The molecule has 0 spiro atoms. The third kappa shape index (κ3) is 5.33. The number of ether oxygens (including phenoxy) is 2.